The zero-order valence-electron chi connectivity index (χ0n) is 15.4. The van der Waals surface area contributed by atoms with Crippen LogP contribution in [0, 0.1) is 5.82 Å². The summed E-state index contributed by atoms with van der Waals surface area (Å²) in [4.78, 5) is 23.9. The fourth-order valence-corrected chi connectivity index (χ4v) is 3.02. The lowest BCUT2D eigenvalue weighted by Gasteiger charge is -2.14. The van der Waals surface area contributed by atoms with Crippen molar-refractivity contribution in [2.45, 2.75) is 13.3 Å². The molecule has 0 unspecified atom stereocenters. The van der Waals surface area contributed by atoms with E-state index in [4.69, 9.17) is 27.9 Å². The van der Waals surface area contributed by atoms with Crippen molar-refractivity contribution in [1.29, 1.82) is 0 Å². The summed E-state index contributed by atoms with van der Waals surface area (Å²) in [7, 11) is 0. The van der Waals surface area contributed by atoms with Crippen molar-refractivity contribution < 1.29 is 18.7 Å². The number of amides is 2. The van der Waals surface area contributed by atoms with Crippen molar-refractivity contribution in [2.75, 3.05) is 17.2 Å². The summed E-state index contributed by atoms with van der Waals surface area (Å²) < 4.78 is 19.8. The molecule has 2 N–H and O–H groups in total. The highest BCUT2D eigenvalue weighted by molar-refractivity contribution is 6.42. The van der Waals surface area contributed by atoms with Crippen LogP contribution in [0.3, 0.4) is 0 Å². The fourth-order valence-electron chi connectivity index (χ4n) is 2.72. The summed E-state index contributed by atoms with van der Waals surface area (Å²) in [5.41, 5.74) is 1.67. The molecule has 0 saturated carbocycles. The Balaban J connectivity index is 1.72. The molecule has 0 fully saturated rings. The molecule has 0 bridgehead atoms. The van der Waals surface area contributed by atoms with Crippen molar-refractivity contribution in [3.05, 3.63) is 75.7 Å². The van der Waals surface area contributed by atoms with Crippen molar-refractivity contribution in [1.82, 2.24) is 0 Å². The highest BCUT2D eigenvalue weighted by Crippen LogP contribution is 2.28. The zero-order chi connectivity index (χ0) is 21.0. The van der Waals surface area contributed by atoms with Crippen LogP contribution >= 0.6 is 23.2 Å². The number of anilines is 2. The molecule has 0 heterocycles. The lowest BCUT2D eigenvalue weighted by atomic mass is 9.97. The van der Waals surface area contributed by atoms with Gasteiger partial charge in [0.1, 0.15) is 5.82 Å². The van der Waals surface area contributed by atoms with E-state index in [0.717, 1.165) is 0 Å². The normalized spacial score (nSPS) is 13.4. The average Bonchev–Trinajstić information content (AvgIpc) is 2.68. The number of carbonyl (C=O) groups excluding carboxylic acids is 2. The van der Waals surface area contributed by atoms with Crippen LogP contribution in [0.2, 0.25) is 10.0 Å². The van der Waals surface area contributed by atoms with E-state index in [2.05, 4.69) is 10.6 Å². The molecule has 3 rings (SSSR count). The van der Waals surface area contributed by atoms with Gasteiger partial charge in [0.15, 0.2) is 5.76 Å². The summed E-state index contributed by atoms with van der Waals surface area (Å²) in [6, 6.07) is 8.37. The summed E-state index contributed by atoms with van der Waals surface area (Å²) in [6.07, 6.45) is 3.49. The number of carbonyl (C=O) groups is 2. The number of allylic oxidation sites excluding steroid dienone is 4. The van der Waals surface area contributed by atoms with E-state index in [1.807, 2.05) is 0 Å². The average molecular weight is 435 g/mol. The third kappa shape index (κ3) is 5.16. The van der Waals surface area contributed by atoms with Gasteiger partial charge in [-0.1, -0.05) is 35.3 Å². The second kappa shape index (κ2) is 9.11. The van der Waals surface area contributed by atoms with Crippen LogP contribution in [0.5, 0.6) is 0 Å². The molecule has 0 saturated heterocycles. The lowest BCUT2D eigenvalue weighted by Crippen LogP contribution is -2.20. The van der Waals surface area contributed by atoms with Gasteiger partial charge in [0.05, 0.1) is 22.3 Å². The van der Waals surface area contributed by atoms with Gasteiger partial charge >= 0.3 is 6.03 Å². The van der Waals surface area contributed by atoms with Crippen LogP contribution in [0.4, 0.5) is 20.6 Å². The minimum Gasteiger partial charge on any atom is -0.490 e. The summed E-state index contributed by atoms with van der Waals surface area (Å²) in [5, 5.41) is 5.65. The molecule has 0 spiro atoms. The topological polar surface area (TPSA) is 67.4 Å². The molecule has 0 aliphatic heterocycles. The Bertz CT molecular complexity index is 1030. The van der Waals surface area contributed by atoms with Crippen LogP contribution in [0.1, 0.15) is 18.9 Å². The van der Waals surface area contributed by atoms with Gasteiger partial charge < -0.3 is 15.4 Å². The van der Waals surface area contributed by atoms with E-state index in [-0.39, 0.29) is 23.7 Å². The first kappa shape index (κ1) is 20.9. The maximum absolute atomic E-state index is 14.5. The molecule has 0 atom stereocenters. The van der Waals surface area contributed by atoms with E-state index < -0.39 is 11.8 Å². The van der Waals surface area contributed by atoms with Gasteiger partial charge in [0.2, 0.25) is 5.78 Å². The molecule has 0 radical (unpaired) electrons. The van der Waals surface area contributed by atoms with E-state index in [9.17, 15) is 14.0 Å². The number of halogens is 3. The zero-order valence-corrected chi connectivity index (χ0v) is 16.9. The van der Waals surface area contributed by atoms with Crippen LogP contribution in [-0.2, 0) is 9.53 Å². The first-order valence-electron chi connectivity index (χ1n) is 8.78. The maximum Gasteiger partial charge on any atom is 0.323 e. The standard InChI is InChI=1S/C21H17Cl2FN2O3/c1-2-29-20-10-13(4-8-19(20)27)12-3-7-18(17(24)9-12)26-21(28)25-14-5-6-15(22)16(23)11-14/h3-7,9-11H,2,8H2,1H3,(H2,25,26,28). The van der Waals surface area contributed by atoms with Gasteiger partial charge in [-0.05, 0) is 54.5 Å². The van der Waals surface area contributed by atoms with Gasteiger partial charge in [0.25, 0.3) is 0 Å². The Hall–Kier alpha value is -2.83. The maximum atomic E-state index is 14.5. The van der Waals surface area contributed by atoms with E-state index in [0.29, 0.717) is 33.5 Å². The minimum absolute atomic E-state index is 0.00723. The Morgan fingerprint density at radius 3 is 2.62 bits per heavy atom. The number of hydrogen-bond acceptors (Lipinski definition) is 3. The Kier molecular flexibility index (Phi) is 6.56. The lowest BCUT2D eigenvalue weighted by molar-refractivity contribution is -0.118. The van der Waals surface area contributed by atoms with Gasteiger partial charge in [0, 0.05) is 12.1 Å². The largest absolute Gasteiger partial charge is 0.490 e. The predicted octanol–water partition coefficient (Wildman–Crippen LogP) is 6.05. The number of ketones is 1. The third-order valence-corrected chi connectivity index (χ3v) is 4.84. The minimum atomic E-state index is -0.629. The molecule has 8 heteroatoms. The molecule has 29 heavy (non-hydrogen) atoms. The van der Waals surface area contributed by atoms with Crippen molar-refractivity contribution in [2.24, 2.45) is 0 Å². The number of rotatable bonds is 5. The third-order valence-electron chi connectivity index (χ3n) is 4.10. The number of Topliss-reactive ketones (excluding diaryl/α,β-unsaturated/α-hetero) is 1. The molecule has 1 aliphatic carbocycles. The highest BCUT2D eigenvalue weighted by atomic mass is 35.5. The van der Waals surface area contributed by atoms with Crippen LogP contribution in [0.15, 0.2) is 54.3 Å². The summed E-state index contributed by atoms with van der Waals surface area (Å²) in [6.45, 7) is 2.16. The van der Waals surface area contributed by atoms with E-state index >= 15 is 0 Å². The van der Waals surface area contributed by atoms with Crippen LogP contribution < -0.4 is 10.6 Å². The number of nitrogens with one attached hydrogen (secondary N) is 2. The Morgan fingerprint density at radius 1 is 1.14 bits per heavy atom. The van der Waals surface area contributed by atoms with Crippen LogP contribution in [0.25, 0.3) is 5.57 Å². The second-order valence-corrected chi connectivity index (χ2v) is 6.95. The van der Waals surface area contributed by atoms with Gasteiger partial charge in [-0.3, -0.25) is 4.79 Å². The fraction of sp³-hybridized carbons (Fsp3) is 0.143. The molecular weight excluding hydrogens is 418 g/mol. The molecular formula is C21H17Cl2FN2O3. The SMILES string of the molecule is CCOC1=CC(c2ccc(NC(=O)Nc3ccc(Cl)c(Cl)c3)c(F)c2)=CCC1=O. The van der Waals surface area contributed by atoms with Gasteiger partial charge in [-0.15, -0.1) is 0 Å². The number of hydrogen-bond donors (Lipinski definition) is 2. The van der Waals surface area contributed by atoms with Crippen molar-refractivity contribution in [3.63, 3.8) is 0 Å². The van der Waals surface area contributed by atoms with Crippen molar-refractivity contribution >= 4 is 52.0 Å². The molecule has 5 nitrogen and oxygen atoms in total. The predicted molar refractivity (Wildman–Crippen MR) is 113 cm³/mol. The first-order chi connectivity index (χ1) is 13.9. The quantitative estimate of drug-likeness (QED) is 0.601. The van der Waals surface area contributed by atoms with E-state index in [1.165, 1.54) is 18.2 Å². The smallest absolute Gasteiger partial charge is 0.323 e. The molecule has 2 aromatic carbocycles. The van der Waals surface area contributed by atoms with Gasteiger partial charge in [-0.2, -0.15) is 0 Å². The molecule has 150 valence electrons. The number of urea groups is 1. The molecule has 0 aromatic heterocycles. The van der Waals surface area contributed by atoms with E-state index in [1.54, 1.807) is 37.3 Å². The van der Waals surface area contributed by atoms with Crippen LogP contribution in [-0.4, -0.2) is 18.4 Å². The van der Waals surface area contributed by atoms with Crippen molar-refractivity contribution in [3.8, 4) is 0 Å². The van der Waals surface area contributed by atoms with Gasteiger partial charge in [-0.25, -0.2) is 9.18 Å². The first-order valence-corrected chi connectivity index (χ1v) is 9.53. The monoisotopic (exact) mass is 434 g/mol. The second-order valence-electron chi connectivity index (χ2n) is 6.13. The molecule has 1 aliphatic rings. The molecule has 2 aromatic rings. The highest BCUT2D eigenvalue weighted by Gasteiger charge is 2.17. The Morgan fingerprint density at radius 2 is 1.93 bits per heavy atom. The summed E-state index contributed by atoms with van der Waals surface area (Å²) in [5.74, 6) is -0.474. The summed E-state index contributed by atoms with van der Waals surface area (Å²) >= 11 is 11.7. The number of ether oxygens (including phenoxy) is 1. The Labute approximate surface area is 177 Å². The number of benzene rings is 2. The molecule has 2 amide bonds.